The average molecular weight is 399 g/mol. The van der Waals surface area contributed by atoms with Crippen molar-refractivity contribution in [3.8, 4) is 5.75 Å². The molecule has 0 saturated carbocycles. The van der Waals surface area contributed by atoms with Crippen LogP contribution in [0.4, 0.5) is 11.4 Å². The zero-order chi connectivity index (χ0) is 15.2. The third-order valence-corrected chi connectivity index (χ3v) is 3.79. The highest BCUT2D eigenvalue weighted by atomic mass is 127. The number of hydrogen-bond donors (Lipinski definition) is 0. The van der Waals surface area contributed by atoms with Crippen LogP contribution in [0, 0.1) is 4.91 Å². The van der Waals surface area contributed by atoms with Gasteiger partial charge >= 0.3 is 0 Å². The van der Waals surface area contributed by atoms with Crippen molar-refractivity contribution in [3.05, 3.63) is 29.3 Å². The molecule has 0 bridgehead atoms. The van der Waals surface area contributed by atoms with Gasteiger partial charge in [0.15, 0.2) is 28.8 Å². The zero-order valence-electron chi connectivity index (χ0n) is 12.2. The summed E-state index contributed by atoms with van der Waals surface area (Å²) in [5.74, 6) is 0.646. The summed E-state index contributed by atoms with van der Waals surface area (Å²) in [5.41, 5.74) is 2.08. The van der Waals surface area contributed by atoms with Crippen molar-refractivity contribution in [2.45, 2.75) is 26.7 Å². The molecular formula is C15H18IN3O2. The van der Waals surface area contributed by atoms with E-state index in [2.05, 4.69) is 28.9 Å². The van der Waals surface area contributed by atoms with Crippen LogP contribution in [0.5, 0.6) is 5.75 Å². The Hall–Kier alpha value is -1.44. The van der Waals surface area contributed by atoms with Gasteiger partial charge < -0.3 is 7.97 Å². The van der Waals surface area contributed by atoms with Gasteiger partial charge in [-0.2, -0.15) is 0 Å². The van der Waals surface area contributed by atoms with Crippen molar-refractivity contribution in [1.29, 1.82) is 0 Å². The fourth-order valence-corrected chi connectivity index (χ4v) is 2.86. The second-order valence-electron chi connectivity index (χ2n) is 4.79. The minimum atomic E-state index is 0.405. The Morgan fingerprint density at radius 1 is 1.24 bits per heavy atom. The van der Waals surface area contributed by atoms with Gasteiger partial charge in [0.1, 0.15) is 11.2 Å². The van der Waals surface area contributed by atoms with Crippen LogP contribution in [-0.4, -0.2) is 18.1 Å². The van der Waals surface area contributed by atoms with Gasteiger partial charge in [0.25, 0.3) is 0 Å². The highest BCUT2D eigenvalue weighted by molar-refractivity contribution is 14.1. The van der Waals surface area contributed by atoms with E-state index >= 15 is 0 Å². The minimum Gasteiger partial charge on any atom is -0.425 e. The maximum Gasteiger partial charge on any atom is 0.192 e. The maximum atomic E-state index is 11.2. The summed E-state index contributed by atoms with van der Waals surface area (Å²) in [4.78, 5) is 17.8. The van der Waals surface area contributed by atoms with Crippen LogP contribution in [0.1, 0.15) is 26.7 Å². The zero-order valence-corrected chi connectivity index (χ0v) is 14.3. The Bertz CT molecular complexity index is 628. The molecule has 6 heteroatoms. The number of pyridine rings is 1. The van der Waals surface area contributed by atoms with Crippen LogP contribution < -0.4 is 7.97 Å². The first kappa shape index (κ1) is 15.9. The molecule has 1 aromatic heterocycles. The Balaban J connectivity index is 2.70. The van der Waals surface area contributed by atoms with Gasteiger partial charge in [-0.05, 0) is 36.2 Å². The molecule has 0 amide bonds. The minimum absolute atomic E-state index is 0.405. The lowest BCUT2D eigenvalue weighted by atomic mass is 10.1. The summed E-state index contributed by atoms with van der Waals surface area (Å²) >= 11 is 1.83. The standard InChI is InChI=1S/C15H18IN3O2/c1-3-9-19(10-4-2)12-7-8-17-15-13(21-16)6-5-11(18-20)14(12)15/h5-8H,3-4,9-10H2,1-2H3. The van der Waals surface area contributed by atoms with Crippen LogP contribution in [0.2, 0.25) is 0 Å². The molecule has 5 nitrogen and oxygen atoms in total. The van der Waals surface area contributed by atoms with Gasteiger partial charge in [-0.25, -0.2) is 0 Å². The van der Waals surface area contributed by atoms with Gasteiger partial charge in [0, 0.05) is 19.3 Å². The fraction of sp³-hybridized carbons (Fsp3) is 0.400. The van der Waals surface area contributed by atoms with Gasteiger partial charge in [-0.1, -0.05) is 13.8 Å². The molecule has 0 unspecified atom stereocenters. The smallest absolute Gasteiger partial charge is 0.192 e. The molecule has 1 heterocycles. The number of nitrogens with zero attached hydrogens (tertiary/aromatic N) is 3. The van der Waals surface area contributed by atoms with E-state index in [9.17, 15) is 4.91 Å². The number of rotatable bonds is 7. The van der Waals surface area contributed by atoms with Crippen LogP contribution >= 0.6 is 23.0 Å². The van der Waals surface area contributed by atoms with Crippen LogP contribution in [0.25, 0.3) is 10.9 Å². The first-order valence-electron chi connectivity index (χ1n) is 7.05. The van der Waals surface area contributed by atoms with E-state index in [4.69, 9.17) is 3.07 Å². The second-order valence-corrected chi connectivity index (χ2v) is 5.23. The number of nitroso groups, excluding NO2 is 1. The predicted molar refractivity (Wildman–Crippen MR) is 94.6 cm³/mol. The Kier molecular flexibility index (Phi) is 5.72. The fourth-order valence-electron chi connectivity index (χ4n) is 2.50. The number of aromatic nitrogens is 1. The molecule has 0 saturated heterocycles. The first-order valence-corrected chi connectivity index (χ1v) is 7.93. The van der Waals surface area contributed by atoms with E-state index in [-0.39, 0.29) is 0 Å². The summed E-state index contributed by atoms with van der Waals surface area (Å²) < 4.78 is 5.33. The SMILES string of the molecule is CCCN(CCC)c1ccnc2c(OI)ccc(N=O)c12. The van der Waals surface area contributed by atoms with Crippen LogP contribution in [0.15, 0.2) is 29.6 Å². The average Bonchev–Trinajstić information content (AvgIpc) is 2.53. The van der Waals surface area contributed by atoms with Crippen LogP contribution in [0.3, 0.4) is 0 Å². The third-order valence-electron chi connectivity index (χ3n) is 3.32. The Labute approximate surface area is 138 Å². The summed E-state index contributed by atoms with van der Waals surface area (Å²) in [5, 5.41) is 3.93. The van der Waals surface area contributed by atoms with Gasteiger partial charge in [-0.15, -0.1) is 4.91 Å². The van der Waals surface area contributed by atoms with Crippen molar-refractivity contribution >= 4 is 45.3 Å². The number of fused-ring (bicyclic) bond motifs is 1. The first-order chi connectivity index (χ1) is 10.3. The normalized spacial score (nSPS) is 10.6. The lowest BCUT2D eigenvalue weighted by Crippen LogP contribution is -2.25. The molecule has 0 N–H and O–H groups in total. The van der Waals surface area contributed by atoms with E-state index in [0.29, 0.717) is 17.0 Å². The lowest BCUT2D eigenvalue weighted by Gasteiger charge is -2.25. The summed E-state index contributed by atoms with van der Waals surface area (Å²) in [6.07, 6.45) is 3.83. The van der Waals surface area contributed by atoms with E-state index in [1.165, 1.54) is 0 Å². The Morgan fingerprint density at radius 2 is 1.95 bits per heavy atom. The van der Waals surface area contributed by atoms with Crippen molar-refractivity contribution in [1.82, 2.24) is 4.98 Å². The highest BCUT2D eigenvalue weighted by Gasteiger charge is 2.16. The molecule has 112 valence electrons. The molecule has 0 spiro atoms. The van der Waals surface area contributed by atoms with E-state index < -0.39 is 0 Å². The molecule has 0 aliphatic carbocycles. The van der Waals surface area contributed by atoms with Crippen molar-refractivity contribution in [2.75, 3.05) is 18.0 Å². The third kappa shape index (κ3) is 3.25. The second kappa shape index (κ2) is 7.53. The monoisotopic (exact) mass is 399 g/mol. The molecule has 2 rings (SSSR count). The molecule has 21 heavy (non-hydrogen) atoms. The van der Waals surface area contributed by atoms with Crippen molar-refractivity contribution in [3.63, 3.8) is 0 Å². The molecular weight excluding hydrogens is 381 g/mol. The number of hydrogen-bond acceptors (Lipinski definition) is 5. The van der Waals surface area contributed by atoms with Crippen LogP contribution in [-0.2, 0) is 0 Å². The largest absolute Gasteiger partial charge is 0.425 e. The van der Waals surface area contributed by atoms with E-state index in [1.54, 1.807) is 18.3 Å². The topological polar surface area (TPSA) is 54.8 Å². The number of anilines is 1. The molecule has 1 aromatic carbocycles. The van der Waals surface area contributed by atoms with Gasteiger partial charge in [-0.3, -0.25) is 4.98 Å². The van der Waals surface area contributed by atoms with E-state index in [0.717, 1.165) is 37.0 Å². The highest BCUT2D eigenvalue weighted by Crippen LogP contribution is 2.38. The number of benzene rings is 1. The quantitative estimate of drug-likeness (QED) is 0.486. The molecule has 0 aliphatic heterocycles. The molecule has 0 atom stereocenters. The number of halogens is 1. The predicted octanol–water partition coefficient (Wildman–Crippen LogP) is 4.99. The maximum absolute atomic E-state index is 11.2. The molecule has 2 aromatic rings. The summed E-state index contributed by atoms with van der Waals surface area (Å²) in [6.45, 7) is 6.15. The molecule has 0 fully saturated rings. The van der Waals surface area contributed by atoms with Crippen molar-refractivity contribution < 1.29 is 3.07 Å². The van der Waals surface area contributed by atoms with Gasteiger partial charge in [0.2, 0.25) is 0 Å². The Morgan fingerprint density at radius 3 is 2.52 bits per heavy atom. The van der Waals surface area contributed by atoms with Crippen molar-refractivity contribution in [2.24, 2.45) is 5.18 Å². The lowest BCUT2D eigenvalue weighted by molar-refractivity contribution is 0.722. The summed E-state index contributed by atoms with van der Waals surface area (Å²) in [6, 6.07) is 5.36. The van der Waals surface area contributed by atoms with E-state index in [1.807, 2.05) is 29.1 Å². The molecule has 0 radical (unpaired) electrons. The molecule has 0 aliphatic rings. The summed E-state index contributed by atoms with van der Waals surface area (Å²) in [7, 11) is 0. The van der Waals surface area contributed by atoms with Gasteiger partial charge in [0.05, 0.1) is 11.1 Å².